The van der Waals surface area contributed by atoms with E-state index in [2.05, 4.69) is 15.0 Å². The predicted octanol–water partition coefficient (Wildman–Crippen LogP) is 3.11. The lowest BCUT2D eigenvalue weighted by Crippen LogP contribution is -2.30. The minimum absolute atomic E-state index is 0.0366. The summed E-state index contributed by atoms with van der Waals surface area (Å²) in [6.07, 6.45) is 7.69. The second kappa shape index (κ2) is 7.86. The highest BCUT2D eigenvalue weighted by Gasteiger charge is 2.23. The van der Waals surface area contributed by atoms with Crippen LogP contribution >= 0.6 is 0 Å². The van der Waals surface area contributed by atoms with E-state index in [1.807, 2.05) is 6.92 Å². The number of benzene rings is 1. The van der Waals surface area contributed by atoms with Crippen LogP contribution in [0, 0.1) is 12.8 Å². The molecule has 0 bridgehead atoms. The van der Waals surface area contributed by atoms with Gasteiger partial charge in [-0.2, -0.15) is 0 Å². The Hall–Kier alpha value is -2.41. The first-order chi connectivity index (χ1) is 12.5. The van der Waals surface area contributed by atoms with Crippen LogP contribution in [0.4, 0.5) is 5.69 Å². The van der Waals surface area contributed by atoms with Gasteiger partial charge in [-0.3, -0.25) is 14.5 Å². The van der Waals surface area contributed by atoms with Crippen molar-refractivity contribution in [2.24, 2.45) is 5.92 Å². The van der Waals surface area contributed by atoms with E-state index in [0.29, 0.717) is 18.2 Å². The van der Waals surface area contributed by atoms with Crippen molar-refractivity contribution in [2.45, 2.75) is 37.5 Å². The topological polar surface area (TPSA) is 88.2 Å². The number of pyridine rings is 1. The number of amides is 1. The highest BCUT2D eigenvalue weighted by Crippen LogP contribution is 2.24. The Balaban J connectivity index is 1.79. The lowest BCUT2D eigenvalue weighted by Gasteiger charge is -2.14. The molecule has 1 amide bonds. The van der Waals surface area contributed by atoms with Crippen molar-refractivity contribution in [3.8, 4) is 0 Å². The molecule has 1 heterocycles. The van der Waals surface area contributed by atoms with Crippen LogP contribution in [0.1, 0.15) is 41.6 Å². The average molecular weight is 373 g/mol. The molecule has 0 aliphatic heterocycles. The fourth-order valence-corrected chi connectivity index (χ4v) is 4.50. The number of rotatable bonds is 6. The Bertz CT molecular complexity index is 890. The summed E-state index contributed by atoms with van der Waals surface area (Å²) in [5.41, 5.74) is 1.36. The molecule has 3 rings (SSSR count). The summed E-state index contributed by atoms with van der Waals surface area (Å²) < 4.78 is 28.1. The molecule has 1 aliphatic rings. The summed E-state index contributed by atoms with van der Waals surface area (Å²) in [7, 11) is -3.89. The van der Waals surface area contributed by atoms with Gasteiger partial charge in [0.15, 0.2) is 0 Å². The van der Waals surface area contributed by atoms with Crippen LogP contribution in [-0.4, -0.2) is 25.9 Å². The van der Waals surface area contributed by atoms with Crippen LogP contribution in [0.15, 0.2) is 47.6 Å². The van der Waals surface area contributed by atoms with Crippen molar-refractivity contribution in [1.82, 2.24) is 10.3 Å². The Morgan fingerprint density at radius 2 is 1.92 bits per heavy atom. The monoisotopic (exact) mass is 373 g/mol. The van der Waals surface area contributed by atoms with E-state index in [1.54, 1.807) is 24.4 Å². The van der Waals surface area contributed by atoms with E-state index in [4.69, 9.17) is 0 Å². The van der Waals surface area contributed by atoms with Gasteiger partial charge in [0.25, 0.3) is 15.9 Å². The standard InChI is InChI=1S/C19H23N3O3S/c1-14-10-16(13-20-11-14)22-26(24,25)18-9-5-4-8-17(18)19(23)21-12-15-6-2-3-7-15/h4-5,8-11,13,15,22H,2-3,6-7,12H2,1H3,(H,21,23). The Morgan fingerprint density at radius 1 is 1.19 bits per heavy atom. The van der Waals surface area contributed by atoms with Crippen molar-refractivity contribution in [2.75, 3.05) is 11.3 Å². The molecule has 0 unspecified atom stereocenters. The Labute approximate surface area is 154 Å². The van der Waals surface area contributed by atoms with Crippen molar-refractivity contribution in [3.63, 3.8) is 0 Å². The second-order valence-electron chi connectivity index (χ2n) is 6.71. The number of hydrogen-bond acceptors (Lipinski definition) is 4. The molecule has 138 valence electrons. The van der Waals surface area contributed by atoms with Gasteiger partial charge in [-0.15, -0.1) is 0 Å². The molecule has 0 radical (unpaired) electrons. The number of aryl methyl sites for hydroxylation is 1. The van der Waals surface area contributed by atoms with Gasteiger partial charge in [0.2, 0.25) is 0 Å². The molecule has 7 heteroatoms. The number of carbonyl (C=O) groups excluding carboxylic acids is 1. The number of nitrogens with one attached hydrogen (secondary N) is 2. The zero-order valence-electron chi connectivity index (χ0n) is 14.7. The third kappa shape index (κ3) is 4.40. The first-order valence-corrected chi connectivity index (χ1v) is 10.3. The molecule has 0 atom stereocenters. The summed E-state index contributed by atoms with van der Waals surface area (Å²) in [5, 5.41) is 2.88. The number of aromatic nitrogens is 1. The van der Waals surface area contributed by atoms with E-state index < -0.39 is 10.0 Å². The highest BCUT2D eigenvalue weighted by molar-refractivity contribution is 7.92. The molecule has 6 nitrogen and oxygen atoms in total. The lowest BCUT2D eigenvalue weighted by atomic mass is 10.1. The number of anilines is 1. The van der Waals surface area contributed by atoms with Gasteiger partial charge in [0.1, 0.15) is 4.90 Å². The molecule has 0 saturated heterocycles. The molecule has 1 fully saturated rings. The zero-order valence-corrected chi connectivity index (χ0v) is 15.6. The normalized spacial score (nSPS) is 15.0. The predicted molar refractivity (Wildman–Crippen MR) is 101 cm³/mol. The number of nitrogens with zero attached hydrogens (tertiary/aromatic N) is 1. The minimum Gasteiger partial charge on any atom is -0.352 e. The number of hydrogen-bond donors (Lipinski definition) is 2. The van der Waals surface area contributed by atoms with E-state index in [1.165, 1.54) is 31.2 Å². The molecule has 2 aromatic rings. The molecule has 1 saturated carbocycles. The van der Waals surface area contributed by atoms with Crippen LogP contribution in [0.2, 0.25) is 0 Å². The van der Waals surface area contributed by atoms with Crippen LogP contribution in [0.3, 0.4) is 0 Å². The van der Waals surface area contributed by atoms with E-state index in [9.17, 15) is 13.2 Å². The summed E-state index contributed by atoms with van der Waals surface area (Å²) in [6, 6.07) is 7.94. The van der Waals surface area contributed by atoms with Gasteiger partial charge < -0.3 is 5.32 Å². The number of sulfonamides is 1. The van der Waals surface area contributed by atoms with Gasteiger partial charge in [0.05, 0.1) is 17.4 Å². The molecule has 0 spiro atoms. The molecular formula is C19H23N3O3S. The van der Waals surface area contributed by atoms with Crippen molar-refractivity contribution in [1.29, 1.82) is 0 Å². The molecule has 1 aliphatic carbocycles. The SMILES string of the molecule is Cc1cncc(NS(=O)(=O)c2ccccc2C(=O)NCC2CCCC2)c1. The second-order valence-corrected chi connectivity index (χ2v) is 8.36. The molecule has 1 aromatic heterocycles. The molecular weight excluding hydrogens is 350 g/mol. The molecule has 1 aromatic carbocycles. The van der Waals surface area contributed by atoms with Crippen molar-refractivity contribution >= 4 is 21.6 Å². The Morgan fingerprint density at radius 3 is 2.65 bits per heavy atom. The van der Waals surface area contributed by atoms with Crippen LogP contribution in [0.25, 0.3) is 0 Å². The molecule has 2 N–H and O–H groups in total. The summed E-state index contributed by atoms with van der Waals surface area (Å²) in [6.45, 7) is 2.41. The largest absolute Gasteiger partial charge is 0.352 e. The van der Waals surface area contributed by atoms with E-state index >= 15 is 0 Å². The van der Waals surface area contributed by atoms with Gasteiger partial charge in [0, 0.05) is 12.7 Å². The first kappa shape index (κ1) is 18.4. The minimum atomic E-state index is -3.89. The van der Waals surface area contributed by atoms with Gasteiger partial charge in [-0.1, -0.05) is 25.0 Å². The fraction of sp³-hybridized carbons (Fsp3) is 0.368. The third-order valence-electron chi connectivity index (χ3n) is 4.57. The quantitative estimate of drug-likeness (QED) is 0.814. The zero-order chi connectivity index (χ0) is 18.6. The van der Waals surface area contributed by atoms with Crippen LogP contribution in [0.5, 0.6) is 0 Å². The Kier molecular flexibility index (Phi) is 5.56. The van der Waals surface area contributed by atoms with Gasteiger partial charge >= 0.3 is 0 Å². The fourth-order valence-electron chi connectivity index (χ4n) is 3.26. The average Bonchev–Trinajstić information content (AvgIpc) is 3.13. The summed E-state index contributed by atoms with van der Waals surface area (Å²) >= 11 is 0. The highest BCUT2D eigenvalue weighted by atomic mass is 32.2. The van der Waals surface area contributed by atoms with Gasteiger partial charge in [-0.05, 0) is 49.4 Å². The lowest BCUT2D eigenvalue weighted by molar-refractivity contribution is 0.0944. The maximum atomic E-state index is 12.8. The van der Waals surface area contributed by atoms with Gasteiger partial charge in [-0.25, -0.2) is 8.42 Å². The maximum absolute atomic E-state index is 12.8. The van der Waals surface area contributed by atoms with Crippen molar-refractivity contribution < 1.29 is 13.2 Å². The summed E-state index contributed by atoms with van der Waals surface area (Å²) in [4.78, 5) is 16.5. The summed E-state index contributed by atoms with van der Waals surface area (Å²) in [5.74, 6) is 0.124. The van der Waals surface area contributed by atoms with E-state index in [-0.39, 0.29) is 16.4 Å². The number of carbonyl (C=O) groups is 1. The smallest absolute Gasteiger partial charge is 0.262 e. The van der Waals surface area contributed by atoms with Crippen LogP contribution in [-0.2, 0) is 10.0 Å². The first-order valence-electron chi connectivity index (χ1n) is 8.77. The maximum Gasteiger partial charge on any atom is 0.262 e. The van der Waals surface area contributed by atoms with Crippen molar-refractivity contribution in [3.05, 3.63) is 53.9 Å². The van der Waals surface area contributed by atoms with Crippen LogP contribution < -0.4 is 10.0 Å². The third-order valence-corrected chi connectivity index (χ3v) is 6.01. The van der Waals surface area contributed by atoms with E-state index in [0.717, 1.165) is 18.4 Å². The molecule has 26 heavy (non-hydrogen) atoms.